The molecule has 1 atom stereocenters. The summed E-state index contributed by atoms with van der Waals surface area (Å²) < 4.78 is 4.38. The molecule has 11 heavy (non-hydrogen) atoms. The van der Waals surface area contributed by atoms with Gasteiger partial charge in [0.25, 0.3) is 0 Å². The number of hydrogen-bond donors (Lipinski definition) is 1. The topological polar surface area (TPSA) is 46.5 Å². The van der Waals surface area contributed by atoms with Crippen molar-refractivity contribution in [2.75, 3.05) is 7.11 Å². The average Bonchev–Trinajstić information content (AvgIpc) is 2.02. The summed E-state index contributed by atoms with van der Waals surface area (Å²) in [5.41, 5.74) is 0.134. The molecule has 0 unspecified atom stereocenters. The molecule has 0 aliphatic heterocycles. The van der Waals surface area contributed by atoms with E-state index in [0.717, 1.165) is 6.42 Å². The summed E-state index contributed by atoms with van der Waals surface area (Å²) in [6.07, 6.45) is 0.609. The SMILES string of the molecule is C=C(C(=O)OC)[C@@H](O)CCC. The van der Waals surface area contributed by atoms with Crippen LogP contribution < -0.4 is 0 Å². The second kappa shape index (κ2) is 4.91. The molecule has 3 nitrogen and oxygen atoms in total. The molecule has 0 aliphatic carbocycles. The van der Waals surface area contributed by atoms with Crippen molar-refractivity contribution in [3.05, 3.63) is 12.2 Å². The highest BCUT2D eigenvalue weighted by atomic mass is 16.5. The number of methoxy groups -OCH3 is 1. The Labute approximate surface area is 66.7 Å². The van der Waals surface area contributed by atoms with Crippen LogP contribution in [0, 0.1) is 0 Å². The summed E-state index contributed by atoms with van der Waals surface area (Å²) in [5, 5.41) is 9.22. The Balaban J connectivity index is 3.91. The van der Waals surface area contributed by atoms with Crippen LogP contribution in [0.4, 0.5) is 0 Å². The van der Waals surface area contributed by atoms with Gasteiger partial charge < -0.3 is 9.84 Å². The number of aliphatic hydroxyl groups excluding tert-OH is 1. The van der Waals surface area contributed by atoms with Gasteiger partial charge in [-0.1, -0.05) is 19.9 Å². The molecule has 3 heteroatoms. The highest BCUT2D eigenvalue weighted by Gasteiger charge is 2.15. The molecular weight excluding hydrogens is 144 g/mol. The maximum Gasteiger partial charge on any atom is 0.335 e. The quantitative estimate of drug-likeness (QED) is 0.488. The molecule has 1 N–H and O–H groups in total. The molecule has 0 aliphatic rings. The van der Waals surface area contributed by atoms with E-state index in [-0.39, 0.29) is 5.57 Å². The summed E-state index contributed by atoms with van der Waals surface area (Å²) in [6, 6.07) is 0. The van der Waals surface area contributed by atoms with E-state index in [1.165, 1.54) is 7.11 Å². The minimum Gasteiger partial charge on any atom is -0.466 e. The smallest absolute Gasteiger partial charge is 0.335 e. The van der Waals surface area contributed by atoms with Crippen molar-refractivity contribution < 1.29 is 14.6 Å². The summed E-state index contributed by atoms with van der Waals surface area (Å²) in [5.74, 6) is -0.536. The molecular formula is C8H14O3. The first-order chi connectivity index (χ1) is 5.13. The summed E-state index contributed by atoms with van der Waals surface area (Å²) in [6.45, 7) is 5.34. The molecule has 0 saturated heterocycles. The second-order valence-corrected chi connectivity index (χ2v) is 2.32. The van der Waals surface area contributed by atoms with Gasteiger partial charge in [-0.15, -0.1) is 0 Å². The van der Waals surface area contributed by atoms with Gasteiger partial charge in [0, 0.05) is 0 Å². The van der Waals surface area contributed by atoms with Gasteiger partial charge in [0.15, 0.2) is 0 Å². The Bertz CT molecular complexity index is 151. The predicted molar refractivity (Wildman–Crippen MR) is 42.1 cm³/mol. The van der Waals surface area contributed by atoms with Gasteiger partial charge in [0.1, 0.15) is 0 Å². The lowest BCUT2D eigenvalue weighted by Gasteiger charge is -2.09. The third-order valence-electron chi connectivity index (χ3n) is 1.41. The first kappa shape index (κ1) is 10.2. The molecule has 0 aromatic rings. The number of rotatable bonds is 4. The van der Waals surface area contributed by atoms with Crippen molar-refractivity contribution in [1.29, 1.82) is 0 Å². The molecule has 0 aromatic heterocycles. The Morgan fingerprint density at radius 2 is 2.27 bits per heavy atom. The maximum absolute atomic E-state index is 10.7. The average molecular weight is 158 g/mol. The largest absolute Gasteiger partial charge is 0.466 e. The zero-order valence-electron chi connectivity index (χ0n) is 6.96. The number of esters is 1. The Morgan fingerprint density at radius 1 is 1.73 bits per heavy atom. The van der Waals surface area contributed by atoms with Crippen LogP contribution in [-0.4, -0.2) is 24.3 Å². The minimum absolute atomic E-state index is 0.134. The van der Waals surface area contributed by atoms with Crippen LogP contribution in [0.2, 0.25) is 0 Å². The van der Waals surface area contributed by atoms with Crippen LogP contribution in [0.1, 0.15) is 19.8 Å². The molecule has 0 heterocycles. The minimum atomic E-state index is -0.757. The van der Waals surface area contributed by atoms with Crippen molar-refractivity contribution >= 4 is 5.97 Å². The maximum atomic E-state index is 10.7. The fraction of sp³-hybridized carbons (Fsp3) is 0.625. The highest BCUT2D eigenvalue weighted by molar-refractivity contribution is 5.88. The van der Waals surface area contributed by atoms with Crippen molar-refractivity contribution in [2.45, 2.75) is 25.9 Å². The summed E-state index contributed by atoms with van der Waals surface area (Å²) in [7, 11) is 1.27. The van der Waals surface area contributed by atoms with Gasteiger partial charge in [-0.3, -0.25) is 0 Å². The number of hydrogen-bond acceptors (Lipinski definition) is 3. The molecule has 64 valence electrons. The van der Waals surface area contributed by atoms with E-state index in [0.29, 0.717) is 6.42 Å². The standard InChI is InChI=1S/C8H14O3/c1-4-5-7(9)6(2)8(10)11-3/h7,9H,2,4-5H2,1,3H3/t7-/m0/s1. The molecule has 0 saturated carbocycles. The second-order valence-electron chi connectivity index (χ2n) is 2.32. The molecule has 0 aromatic carbocycles. The van der Waals surface area contributed by atoms with E-state index in [2.05, 4.69) is 11.3 Å². The van der Waals surface area contributed by atoms with Crippen LogP contribution in [0.3, 0.4) is 0 Å². The molecule has 0 rings (SSSR count). The van der Waals surface area contributed by atoms with E-state index < -0.39 is 12.1 Å². The van der Waals surface area contributed by atoms with Crippen molar-refractivity contribution in [3.63, 3.8) is 0 Å². The van der Waals surface area contributed by atoms with Crippen molar-refractivity contribution in [3.8, 4) is 0 Å². The van der Waals surface area contributed by atoms with E-state index in [4.69, 9.17) is 0 Å². The molecule has 0 amide bonds. The van der Waals surface area contributed by atoms with Gasteiger partial charge in [0.05, 0.1) is 18.8 Å². The van der Waals surface area contributed by atoms with Gasteiger partial charge in [-0.2, -0.15) is 0 Å². The third kappa shape index (κ3) is 3.18. The number of aliphatic hydroxyl groups is 1. The van der Waals surface area contributed by atoms with E-state index >= 15 is 0 Å². The fourth-order valence-electron chi connectivity index (χ4n) is 0.715. The fourth-order valence-corrected chi connectivity index (χ4v) is 0.715. The van der Waals surface area contributed by atoms with Crippen LogP contribution >= 0.6 is 0 Å². The van der Waals surface area contributed by atoms with E-state index in [1.807, 2.05) is 6.92 Å². The molecule has 0 radical (unpaired) electrons. The lowest BCUT2D eigenvalue weighted by molar-refractivity contribution is -0.137. The normalized spacial score (nSPS) is 12.3. The predicted octanol–water partition coefficient (Wildman–Crippen LogP) is 0.877. The lowest BCUT2D eigenvalue weighted by Crippen LogP contribution is -2.17. The van der Waals surface area contributed by atoms with Crippen LogP contribution in [0.25, 0.3) is 0 Å². The molecule has 0 bridgehead atoms. The van der Waals surface area contributed by atoms with E-state index in [9.17, 15) is 9.90 Å². The van der Waals surface area contributed by atoms with Gasteiger partial charge >= 0.3 is 5.97 Å². The van der Waals surface area contributed by atoms with Gasteiger partial charge in [-0.25, -0.2) is 4.79 Å². The molecule has 0 fully saturated rings. The zero-order valence-corrected chi connectivity index (χ0v) is 6.96. The van der Waals surface area contributed by atoms with E-state index in [1.54, 1.807) is 0 Å². The first-order valence-electron chi connectivity index (χ1n) is 3.58. The summed E-state index contributed by atoms with van der Waals surface area (Å²) in [4.78, 5) is 10.7. The Kier molecular flexibility index (Phi) is 4.54. The summed E-state index contributed by atoms with van der Waals surface area (Å²) >= 11 is 0. The monoisotopic (exact) mass is 158 g/mol. The lowest BCUT2D eigenvalue weighted by atomic mass is 10.1. The number of carbonyl (C=O) groups excluding carboxylic acids is 1. The first-order valence-corrected chi connectivity index (χ1v) is 3.58. The van der Waals surface area contributed by atoms with Crippen LogP contribution in [0.15, 0.2) is 12.2 Å². The third-order valence-corrected chi connectivity index (χ3v) is 1.41. The van der Waals surface area contributed by atoms with Gasteiger partial charge in [-0.05, 0) is 6.42 Å². The number of ether oxygens (including phenoxy) is 1. The highest BCUT2D eigenvalue weighted by Crippen LogP contribution is 2.07. The number of carbonyl (C=O) groups is 1. The molecule has 0 spiro atoms. The van der Waals surface area contributed by atoms with Gasteiger partial charge in [0.2, 0.25) is 0 Å². The Hall–Kier alpha value is -0.830. The van der Waals surface area contributed by atoms with Crippen molar-refractivity contribution in [1.82, 2.24) is 0 Å². The van der Waals surface area contributed by atoms with Crippen LogP contribution in [-0.2, 0) is 9.53 Å². The van der Waals surface area contributed by atoms with Crippen molar-refractivity contribution in [2.24, 2.45) is 0 Å². The Morgan fingerprint density at radius 3 is 2.64 bits per heavy atom. The van der Waals surface area contributed by atoms with Crippen LogP contribution in [0.5, 0.6) is 0 Å². The zero-order chi connectivity index (χ0) is 8.85.